The smallest absolute Gasteiger partial charge is 0.204 e. The number of imidazole rings is 1. The fourth-order valence-electron chi connectivity index (χ4n) is 3.71. The number of aromatic amines is 1. The molecule has 0 bridgehead atoms. The minimum absolute atomic E-state index is 0.292. The lowest BCUT2D eigenvalue weighted by atomic mass is 9.98. The number of fused-ring (bicyclic) bond motifs is 2. The maximum absolute atomic E-state index is 14.0. The quantitative estimate of drug-likeness (QED) is 0.645. The van der Waals surface area contributed by atoms with E-state index in [0.29, 0.717) is 45.5 Å². The highest BCUT2D eigenvalue weighted by atomic mass is 32.2. The van der Waals surface area contributed by atoms with Gasteiger partial charge in [0, 0.05) is 22.7 Å². The third-order valence-corrected chi connectivity index (χ3v) is 6.38. The van der Waals surface area contributed by atoms with E-state index in [1.165, 1.54) is 24.8 Å². The predicted molar refractivity (Wildman–Crippen MR) is 114 cm³/mol. The molecule has 0 amide bonds. The first-order valence-electron chi connectivity index (χ1n) is 9.46. The van der Waals surface area contributed by atoms with E-state index in [-0.39, 0.29) is 0 Å². The maximum atomic E-state index is 14.0. The van der Waals surface area contributed by atoms with E-state index in [1.54, 1.807) is 10.3 Å². The van der Waals surface area contributed by atoms with Gasteiger partial charge in [-0.3, -0.25) is 0 Å². The van der Waals surface area contributed by atoms with Crippen LogP contribution < -0.4 is 5.32 Å². The van der Waals surface area contributed by atoms with Gasteiger partial charge in [0.15, 0.2) is 11.5 Å². The monoisotopic (exact) mass is 441 g/mol. The molecule has 2 unspecified atom stereocenters. The lowest BCUT2D eigenvalue weighted by Crippen LogP contribution is -2.34. The molecule has 2 aromatic heterocycles. The van der Waals surface area contributed by atoms with Crippen molar-refractivity contribution in [2.24, 2.45) is 4.99 Å². The number of rotatable bonds is 4. The maximum Gasteiger partial charge on any atom is 0.204 e. The van der Waals surface area contributed by atoms with E-state index in [4.69, 9.17) is 0 Å². The number of nitrogens with one attached hydrogen (secondary N) is 2. The largest absolute Gasteiger partial charge is 0.360 e. The second kappa shape index (κ2) is 7.34. The van der Waals surface area contributed by atoms with Crippen LogP contribution in [0.2, 0.25) is 0 Å². The van der Waals surface area contributed by atoms with Crippen molar-refractivity contribution in [3.05, 3.63) is 64.9 Å². The normalized spacial score (nSPS) is 19.4. The molecule has 0 spiro atoms. The molecule has 8 nitrogen and oxygen atoms in total. The van der Waals surface area contributed by atoms with Crippen LogP contribution in [-0.2, 0) is 10.8 Å². The molecule has 0 aliphatic carbocycles. The molecule has 0 saturated heterocycles. The SMILES string of the molecule is CC1=CS(=O)C2=NC(C(C)Nc3ncnc4nc[nH]c34)=C(c3cc(F)cc(F)c3)CN12. The van der Waals surface area contributed by atoms with Crippen LogP contribution in [-0.4, -0.2) is 46.8 Å². The van der Waals surface area contributed by atoms with E-state index in [1.807, 2.05) is 13.8 Å². The Hall–Kier alpha value is -3.47. The summed E-state index contributed by atoms with van der Waals surface area (Å²) < 4.78 is 40.5. The van der Waals surface area contributed by atoms with Gasteiger partial charge < -0.3 is 15.2 Å². The highest BCUT2D eigenvalue weighted by Crippen LogP contribution is 2.34. The van der Waals surface area contributed by atoms with Crippen molar-refractivity contribution in [2.75, 3.05) is 11.9 Å². The summed E-state index contributed by atoms with van der Waals surface area (Å²) in [5.74, 6) is -0.842. The van der Waals surface area contributed by atoms with Gasteiger partial charge in [0.2, 0.25) is 5.17 Å². The molecule has 11 heteroatoms. The van der Waals surface area contributed by atoms with Crippen molar-refractivity contribution in [3.63, 3.8) is 0 Å². The highest BCUT2D eigenvalue weighted by Gasteiger charge is 2.33. The molecule has 1 aromatic carbocycles. The van der Waals surface area contributed by atoms with Crippen LogP contribution in [0.15, 0.2) is 52.6 Å². The Kier molecular flexibility index (Phi) is 4.62. The van der Waals surface area contributed by atoms with Gasteiger partial charge in [0.1, 0.15) is 34.3 Å². The average Bonchev–Trinajstić information content (AvgIpc) is 3.31. The molecule has 2 N–H and O–H groups in total. The van der Waals surface area contributed by atoms with Gasteiger partial charge in [0.25, 0.3) is 0 Å². The van der Waals surface area contributed by atoms with E-state index >= 15 is 0 Å². The van der Waals surface area contributed by atoms with E-state index < -0.39 is 28.5 Å². The summed E-state index contributed by atoms with van der Waals surface area (Å²) in [7, 11) is -1.39. The summed E-state index contributed by atoms with van der Waals surface area (Å²) in [6.45, 7) is 3.97. The second-order valence-electron chi connectivity index (χ2n) is 7.25. The first kappa shape index (κ1) is 19.5. The van der Waals surface area contributed by atoms with E-state index in [9.17, 15) is 13.0 Å². The molecule has 3 aromatic rings. The highest BCUT2D eigenvalue weighted by molar-refractivity contribution is 8.03. The Morgan fingerprint density at radius 3 is 2.74 bits per heavy atom. The van der Waals surface area contributed by atoms with Gasteiger partial charge in [-0.15, -0.1) is 0 Å². The van der Waals surface area contributed by atoms with Gasteiger partial charge in [-0.05, 0) is 31.5 Å². The number of benzene rings is 1. The van der Waals surface area contributed by atoms with Crippen molar-refractivity contribution in [3.8, 4) is 0 Å². The summed E-state index contributed by atoms with van der Waals surface area (Å²) in [5, 5.41) is 5.28. The molecule has 158 valence electrons. The van der Waals surface area contributed by atoms with Crippen molar-refractivity contribution in [1.82, 2.24) is 24.8 Å². The Morgan fingerprint density at radius 2 is 1.97 bits per heavy atom. The van der Waals surface area contributed by atoms with Gasteiger partial charge in [-0.1, -0.05) is 0 Å². The number of anilines is 1. The van der Waals surface area contributed by atoms with Crippen LogP contribution in [0.5, 0.6) is 0 Å². The number of amidine groups is 1. The Morgan fingerprint density at radius 1 is 1.19 bits per heavy atom. The zero-order valence-electron chi connectivity index (χ0n) is 16.6. The number of aromatic nitrogens is 4. The van der Waals surface area contributed by atoms with Crippen LogP contribution in [0.25, 0.3) is 16.7 Å². The molecule has 2 aliphatic heterocycles. The minimum Gasteiger partial charge on any atom is -0.360 e. The van der Waals surface area contributed by atoms with Crippen molar-refractivity contribution in [1.29, 1.82) is 0 Å². The third kappa shape index (κ3) is 3.40. The molecule has 0 radical (unpaired) electrons. The van der Waals surface area contributed by atoms with Crippen molar-refractivity contribution in [2.45, 2.75) is 19.9 Å². The number of hydrogen-bond acceptors (Lipinski definition) is 7. The topological polar surface area (TPSA) is 99.2 Å². The molecule has 2 aliphatic rings. The summed E-state index contributed by atoms with van der Waals surface area (Å²) in [5.41, 5.74) is 3.44. The van der Waals surface area contributed by atoms with Crippen molar-refractivity contribution < 1.29 is 13.0 Å². The molecule has 4 heterocycles. The lowest BCUT2D eigenvalue weighted by molar-refractivity contribution is 0.572. The molecular weight excluding hydrogens is 424 g/mol. The number of halogens is 2. The zero-order chi connectivity index (χ0) is 21.7. The minimum atomic E-state index is -1.39. The zero-order valence-corrected chi connectivity index (χ0v) is 17.4. The molecule has 0 fully saturated rings. The van der Waals surface area contributed by atoms with Gasteiger partial charge in [-0.2, -0.15) is 0 Å². The molecule has 31 heavy (non-hydrogen) atoms. The van der Waals surface area contributed by atoms with Gasteiger partial charge in [-0.25, -0.2) is 32.9 Å². The van der Waals surface area contributed by atoms with Crippen LogP contribution >= 0.6 is 0 Å². The fraction of sp³-hybridized carbons (Fsp3) is 0.200. The first-order chi connectivity index (χ1) is 14.9. The predicted octanol–water partition coefficient (Wildman–Crippen LogP) is 3.14. The third-order valence-electron chi connectivity index (χ3n) is 5.15. The standard InChI is InChI=1S/C20H17F2N7OS/c1-10-7-31(30)20-28-16(11(2)27-19-17-18(24-8-23-17)25-9-26-19)15(6-29(10)20)12-3-13(21)5-14(22)4-12/h3-5,7-9,11H,6H2,1-2H3,(H2,23,24,25,26,27). The summed E-state index contributed by atoms with van der Waals surface area (Å²) in [6, 6.07) is 2.95. The Balaban J connectivity index is 1.61. The summed E-state index contributed by atoms with van der Waals surface area (Å²) >= 11 is 0. The van der Waals surface area contributed by atoms with Crippen molar-refractivity contribution >= 4 is 38.5 Å². The number of H-pyrrole nitrogens is 1. The molecular formula is C20H17F2N7OS. The van der Waals surface area contributed by atoms with Gasteiger partial charge >= 0.3 is 0 Å². The van der Waals surface area contributed by atoms with Crippen LogP contribution in [0.3, 0.4) is 0 Å². The summed E-state index contributed by atoms with van der Waals surface area (Å²) in [4.78, 5) is 21.9. The first-order valence-corrected chi connectivity index (χ1v) is 10.7. The summed E-state index contributed by atoms with van der Waals surface area (Å²) in [6.07, 6.45) is 2.91. The molecule has 2 atom stereocenters. The van der Waals surface area contributed by atoms with E-state index in [2.05, 4.69) is 30.2 Å². The van der Waals surface area contributed by atoms with E-state index in [0.717, 1.165) is 11.8 Å². The van der Waals surface area contributed by atoms with Gasteiger partial charge in [0.05, 0.1) is 24.6 Å². The number of hydrogen-bond donors (Lipinski definition) is 2. The number of allylic oxidation sites excluding steroid dienone is 1. The Bertz CT molecular complexity index is 1310. The molecule has 5 rings (SSSR count). The average molecular weight is 441 g/mol. The number of aliphatic imine (C=N–C) groups is 1. The molecule has 0 saturated carbocycles. The Labute approximate surface area is 178 Å². The fourth-order valence-corrected chi connectivity index (χ4v) is 4.87. The van der Waals surface area contributed by atoms with Crippen LogP contribution in [0, 0.1) is 11.6 Å². The van der Waals surface area contributed by atoms with Crippen LogP contribution in [0.4, 0.5) is 14.6 Å². The van der Waals surface area contributed by atoms with Crippen LogP contribution in [0.1, 0.15) is 19.4 Å². The number of nitrogens with zero attached hydrogens (tertiary/aromatic N) is 5. The lowest BCUT2D eigenvalue weighted by Gasteiger charge is -2.30. The second-order valence-corrected chi connectivity index (χ2v) is 8.44.